The average Bonchev–Trinajstić information content (AvgIpc) is 2.13. The van der Waals surface area contributed by atoms with E-state index in [1.165, 1.54) is 0 Å². The third-order valence-corrected chi connectivity index (χ3v) is 0.167. The van der Waals surface area contributed by atoms with Crippen molar-refractivity contribution in [2.45, 2.75) is 27.7 Å². The number of rotatable bonds is 1. The van der Waals surface area contributed by atoms with E-state index in [2.05, 4.69) is 0 Å². The molecule has 0 rings (SSSR count). The summed E-state index contributed by atoms with van der Waals surface area (Å²) in [7, 11) is 0. The first-order valence-corrected chi connectivity index (χ1v) is 4.95. The molecular weight excluding hydrogens is 387 g/mol. The molecule has 0 atom stereocenters. The van der Waals surface area contributed by atoms with Crippen LogP contribution in [0.25, 0.3) is 0 Å². The first-order valence-electron chi connectivity index (χ1n) is 4.95. The Kier molecular flexibility index (Phi) is 106. The number of carboxylic acids is 4. The summed E-state index contributed by atoms with van der Waals surface area (Å²) in [6, 6.07) is 0. The van der Waals surface area contributed by atoms with E-state index < -0.39 is 23.9 Å². The van der Waals surface area contributed by atoms with Gasteiger partial charge in [0.2, 0.25) is 0 Å². The maximum atomic E-state index is 8.89. The van der Waals surface area contributed by atoms with Crippen LogP contribution in [0.15, 0.2) is 0 Å². The maximum absolute atomic E-state index is 8.89. The molecule has 23 heavy (non-hydrogen) atoms. The smallest absolute Gasteiger partial charge is 0.550 e. The molecule has 13 heteroatoms. The molecule has 0 unspecified atom stereocenters. The van der Waals surface area contributed by atoms with Crippen LogP contribution in [-0.4, -0.2) is 42.4 Å². The zero-order valence-corrected chi connectivity index (χ0v) is 17.9. The van der Waals surface area contributed by atoms with Gasteiger partial charge in [-0.25, -0.2) is 0 Å². The second-order valence-corrected chi connectivity index (χ2v) is 2.54. The summed E-state index contributed by atoms with van der Waals surface area (Å²) in [6.45, 7) is 5.08. The third kappa shape index (κ3) is 10400. The Balaban J connectivity index is -0.0000000197. The fourth-order valence-corrected chi connectivity index (χ4v) is 0. The van der Waals surface area contributed by atoms with Crippen molar-refractivity contribution in [1.82, 2.24) is 0 Å². The first-order chi connectivity index (χ1) is 8.84. The molecule has 0 spiro atoms. The molecule has 11 nitrogen and oxygen atoms in total. The summed E-state index contributed by atoms with van der Waals surface area (Å²) in [5.41, 5.74) is 9.81. The fraction of sp³-hybridized carbons (Fsp3) is 0.600. The molecule has 1 radical (unpaired) electrons. The molecule has 0 amide bonds. The van der Waals surface area contributed by atoms with E-state index in [-0.39, 0.29) is 73.9 Å². The van der Waals surface area contributed by atoms with Crippen LogP contribution in [0.3, 0.4) is 0 Å². The molecule has 0 bridgehead atoms. The van der Waals surface area contributed by atoms with Crippen molar-refractivity contribution in [3.63, 3.8) is 0 Å². The van der Waals surface area contributed by atoms with Crippen LogP contribution in [0.1, 0.15) is 27.7 Å². The molecule has 0 saturated carbocycles. The van der Waals surface area contributed by atoms with Gasteiger partial charge in [-0.2, -0.15) is 0 Å². The normalized spacial score (nSPS) is 5.65. The largest absolute Gasteiger partial charge is 3.00 e. The van der Waals surface area contributed by atoms with Gasteiger partial charge in [-0.1, -0.05) is 0 Å². The van der Waals surface area contributed by atoms with Crippen molar-refractivity contribution in [3.05, 3.63) is 0 Å². The van der Waals surface area contributed by atoms with Gasteiger partial charge in [-0.05, 0) is 27.7 Å². The van der Waals surface area contributed by atoms with Crippen molar-refractivity contribution in [2.75, 3.05) is 13.1 Å². The zero-order chi connectivity index (χ0) is 17.7. The number of carbonyl (C=O) groups excluding carboxylic acids is 4. The number of nitrogens with two attached hydrogens (primary N) is 2. The number of carbonyl (C=O) groups is 4. The molecular formula is C10H22FeKN2O9. The van der Waals surface area contributed by atoms with Crippen molar-refractivity contribution in [3.8, 4) is 0 Å². The van der Waals surface area contributed by atoms with Crippen LogP contribution in [0, 0.1) is 0 Å². The topological polar surface area (TPSA) is 244 Å². The SMILES string of the molecule is CC(=O)[O-].CC(=O)[O-].CC(=O)[O-].CC(=O)[O-].NCCN.O.[Fe+3].[K+]. The van der Waals surface area contributed by atoms with Crippen LogP contribution < -0.4 is 83.3 Å². The predicted octanol–water partition coefficient (Wildman–Crippen LogP) is -9.89. The summed E-state index contributed by atoms with van der Waals surface area (Å²) in [6.07, 6.45) is 0. The minimum atomic E-state index is -1.08. The summed E-state index contributed by atoms with van der Waals surface area (Å²) in [5, 5.41) is 35.6. The standard InChI is InChI=1S/C2H8N2.4C2H4O2.Fe.K.H2O/c3-1-2-4;4*1-2(3)4;;;/h1-4H2;4*1H3,(H,3,4);;;1H2/q;;;;;+3;+1;/p-4. The van der Waals surface area contributed by atoms with Crippen LogP contribution in [-0.2, 0) is 36.2 Å². The Bertz CT molecular complexity index is 203. The molecule has 0 aliphatic rings. The summed E-state index contributed by atoms with van der Waals surface area (Å²) in [5.74, 6) is -4.33. The number of hydrogen-bond donors (Lipinski definition) is 2. The molecule has 0 aliphatic carbocycles. The average molecular weight is 409 g/mol. The molecule has 0 aromatic carbocycles. The molecule has 135 valence electrons. The number of hydrogen-bond acceptors (Lipinski definition) is 10. The summed E-state index contributed by atoms with van der Waals surface area (Å²) >= 11 is 0. The van der Waals surface area contributed by atoms with E-state index in [0.29, 0.717) is 13.1 Å². The first kappa shape index (κ1) is 49.5. The minimum Gasteiger partial charge on any atom is -0.550 e. The van der Waals surface area contributed by atoms with Crippen LogP contribution in [0.5, 0.6) is 0 Å². The quantitative estimate of drug-likeness (QED) is 0.387. The second kappa shape index (κ2) is 49.5. The number of carboxylic acid groups (broad SMARTS) is 4. The molecule has 0 heterocycles. The van der Waals surface area contributed by atoms with Crippen molar-refractivity contribution in [2.24, 2.45) is 11.5 Å². The van der Waals surface area contributed by atoms with Gasteiger partial charge in [0.25, 0.3) is 0 Å². The van der Waals surface area contributed by atoms with Gasteiger partial charge in [0, 0.05) is 37.0 Å². The van der Waals surface area contributed by atoms with Gasteiger partial charge in [0.15, 0.2) is 0 Å². The minimum absolute atomic E-state index is 0. The van der Waals surface area contributed by atoms with Crippen LogP contribution in [0.4, 0.5) is 0 Å². The zero-order valence-electron chi connectivity index (χ0n) is 13.7. The maximum Gasteiger partial charge on any atom is 3.00 e. The molecule has 0 fully saturated rings. The van der Waals surface area contributed by atoms with E-state index in [0.717, 1.165) is 27.7 Å². The monoisotopic (exact) mass is 409 g/mol. The fourth-order valence-electron chi connectivity index (χ4n) is 0. The van der Waals surface area contributed by atoms with Crippen LogP contribution in [0.2, 0.25) is 0 Å². The Labute approximate surface area is 188 Å². The molecule has 0 aromatic heterocycles. The second-order valence-electron chi connectivity index (χ2n) is 2.54. The predicted molar refractivity (Wildman–Crippen MR) is 64.4 cm³/mol. The molecule has 0 aliphatic heterocycles. The van der Waals surface area contributed by atoms with Crippen molar-refractivity contribution in [1.29, 1.82) is 0 Å². The van der Waals surface area contributed by atoms with E-state index in [4.69, 9.17) is 51.1 Å². The Hall–Kier alpha value is -0.0842. The van der Waals surface area contributed by atoms with E-state index in [1.807, 2.05) is 0 Å². The summed E-state index contributed by atoms with van der Waals surface area (Å²) in [4.78, 5) is 35.6. The van der Waals surface area contributed by atoms with E-state index in [9.17, 15) is 0 Å². The van der Waals surface area contributed by atoms with E-state index >= 15 is 0 Å². The van der Waals surface area contributed by atoms with Gasteiger partial charge < -0.3 is 56.5 Å². The van der Waals surface area contributed by atoms with Gasteiger partial charge in [0.05, 0.1) is 0 Å². The van der Waals surface area contributed by atoms with Crippen molar-refractivity contribution < 1.29 is 114 Å². The van der Waals surface area contributed by atoms with Crippen LogP contribution >= 0.6 is 0 Å². The molecule has 0 saturated heterocycles. The van der Waals surface area contributed by atoms with Gasteiger partial charge in [-0.15, -0.1) is 0 Å². The van der Waals surface area contributed by atoms with Gasteiger partial charge in [0.1, 0.15) is 0 Å². The number of aliphatic carboxylic acids is 4. The molecule has 6 N–H and O–H groups in total. The Morgan fingerprint density at radius 3 is 0.696 bits per heavy atom. The van der Waals surface area contributed by atoms with E-state index in [1.54, 1.807) is 0 Å². The Morgan fingerprint density at radius 2 is 0.696 bits per heavy atom. The van der Waals surface area contributed by atoms with Gasteiger partial charge >= 0.3 is 68.5 Å². The van der Waals surface area contributed by atoms with Gasteiger partial charge in [-0.3, -0.25) is 0 Å². The third-order valence-electron chi connectivity index (χ3n) is 0.167. The summed E-state index contributed by atoms with van der Waals surface area (Å²) < 4.78 is 0. The Morgan fingerprint density at radius 1 is 0.652 bits per heavy atom. The van der Waals surface area contributed by atoms with Crippen molar-refractivity contribution >= 4 is 23.9 Å². The molecule has 0 aromatic rings.